The molecule has 0 spiro atoms. The molecule has 0 saturated carbocycles. The summed E-state index contributed by atoms with van der Waals surface area (Å²) in [6.07, 6.45) is 5.44. The van der Waals surface area contributed by atoms with E-state index in [1.807, 2.05) is 12.1 Å². The van der Waals surface area contributed by atoms with Gasteiger partial charge in [-0.2, -0.15) is 5.10 Å². The van der Waals surface area contributed by atoms with Crippen LogP contribution in [0.25, 0.3) is 10.2 Å². The van der Waals surface area contributed by atoms with Gasteiger partial charge in [-0.3, -0.25) is 5.43 Å². The first-order valence-corrected chi connectivity index (χ1v) is 8.87. The van der Waals surface area contributed by atoms with Crippen molar-refractivity contribution in [1.82, 2.24) is 9.97 Å². The van der Waals surface area contributed by atoms with Crippen LogP contribution in [-0.4, -0.2) is 22.4 Å². The summed E-state index contributed by atoms with van der Waals surface area (Å²) in [5.41, 5.74) is 5.30. The van der Waals surface area contributed by atoms with Crippen LogP contribution in [0.1, 0.15) is 16.0 Å². The van der Waals surface area contributed by atoms with Gasteiger partial charge >= 0.3 is 0 Å². The van der Waals surface area contributed by atoms with E-state index in [-0.39, 0.29) is 0 Å². The third-order valence-corrected chi connectivity index (χ3v) is 5.32. The number of hydrogen-bond donors (Lipinski definition) is 1. The lowest BCUT2D eigenvalue weighted by Crippen LogP contribution is -1.95. The zero-order chi connectivity index (χ0) is 15.5. The topological polar surface area (TPSA) is 50.2 Å². The van der Waals surface area contributed by atoms with E-state index < -0.39 is 0 Å². The molecule has 3 rings (SSSR count). The summed E-state index contributed by atoms with van der Waals surface area (Å²) >= 11 is 3.41. The number of thiophene rings is 1. The summed E-state index contributed by atoms with van der Waals surface area (Å²) in [5.74, 6) is 0.754. The van der Waals surface area contributed by atoms with E-state index in [0.29, 0.717) is 0 Å². The molecule has 0 unspecified atom stereocenters. The van der Waals surface area contributed by atoms with Crippen LogP contribution in [0.5, 0.6) is 0 Å². The van der Waals surface area contributed by atoms with E-state index >= 15 is 0 Å². The van der Waals surface area contributed by atoms with E-state index in [0.717, 1.165) is 21.6 Å². The van der Waals surface area contributed by atoms with Gasteiger partial charge in [-0.15, -0.1) is 23.1 Å². The Labute approximate surface area is 137 Å². The highest BCUT2D eigenvalue weighted by molar-refractivity contribution is 7.98. The number of nitrogens with zero attached hydrogens (tertiary/aromatic N) is 3. The van der Waals surface area contributed by atoms with Crippen molar-refractivity contribution in [1.29, 1.82) is 0 Å². The van der Waals surface area contributed by atoms with Gasteiger partial charge in [0.2, 0.25) is 0 Å². The zero-order valence-electron chi connectivity index (χ0n) is 12.6. The minimum absolute atomic E-state index is 0.754. The molecular formula is C16H16N4S2. The Morgan fingerprint density at radius 2 is 1.95 bits per heavy atom. The summed E-state index contributed by atoms with van der Waals surface area (Å²) in [4.78, 5) is 12.1. The van der Waals surface area contributed by atoms with Crippen molar-refractivity contribution in [2.24, 2.45) is 5.10 Å². The SMILES string of the molecule is CSc1ccc(/C=N/Nc2ncnc3sc(C)c(C)c23)cc1. The third kappa shape index (κ3) is 2.98. The van der Waals surface area contributed by atoms with Gasteiger partial charge < -0.3 is 0 Å². The molecule has 4 nitrogen and oxygen atoms in total. The largest absolute Gasteiger partial charge is 0.261 e. The molecule has 0 aliphatic carbocycles. The molecule has 0 aliphatic heterocycles. The maximum atomic E-state index is 4.32. The summed E-state index contributed by atoms with van der Waals surface area (Å²) in [6, 6.07) is 8.27. The van der Waals surface area contributed by atoms with Gasteiger partial charge in [0.1, 0.15) is 11.2 Å². The smallest absolute Gasteiger partial charge is 0.158 e. The molecule has 0 bridgehead atoms. The van der Waals surface area contributed by atoms with E-state index in [1.165, 1.54) is 15.3 Å². The van der Waals surface area contributed by atoms with Gasteiger partial charge in [-0.25, -0.2) is 9.97 Å². The molecule has 0 amide bonds. The van der Waals surface area contributed by atoms with Crippen molar-refractivity contribution in [3.05, 3.63) is 46.6 Å². The van der Waals surface area contributed by atoms with Gasteiger partial charge in [0.25, 0.3) is 0 Å². The monoisotopic (exact) mass is 328 g/mol. The van der Waals surface area contributed by atoms with Gasteiger partial charge in [-0.1, -0.05) is 12.1 Å². The standard InChI is InChI=1S/C16H16N4S2/c1-10-11(2)22-16-14(10)15(17-9-18-16)20-19-8-12-4-6-13(21-3)7-5-12/h4-9H,1-3H3,(H,17,18,20)/b19-8+. The molecule has 0 saturated heterocycles. The van der Waals surface area contributed by atoms with Gasteiger partial charge in [0.15, 0.2) is 5.82 Å². The summed E-state index contributed by atoms with van der Waals surface area (Å²) in [5, 5.41) is 5.36. The van der Waals surface area contributed by atoms with Crippen LogP contribution in [0.15, 0.2) is 40.6 Å². The highest BCUT2D eigenvalue weighted by Crippen LogP contribution is 2.32. The van der Waals surface area contributed by atoms with Crippen LogP contribution in [0.4, 0.5) is 5.82 Å². The number of fused-ring (bicyclic) bond motifs is 1. The normalized spacial score (nSPS) is 11.4. The lowest BCUT2D eigenvalue weighted by atomic mass is 10.2. The Bertz CT molecular complexity index is 822. The molecule has 112 valence electrons. The molecule has 2 aromatic heterocycles. The highest BCUT2D eigenvalue weighted by Gasteiger charge is 2.11. The Hall–Kier alpha value is -1.92. The van der Waals surface area contributed by atoms with Crippen LogP contribution in [0.2, 0.25) is 0 Å². The van der Waals surface area contributed by atoms with E-state index in [2.05, 4.69) is 52.7 Å². The maximum absolute atomic E-state index is 4.32. The van der Waals surface area contributed by atoms with Crippen LogP contribution < -0.4 is 5.43 Å². The average molecular weight is 328 g/mol. The second-order valence-corrected chi connectivity index (χ2v) is 6.91. The van der Waals surface area contributed by atoms with Crippen molar-refractivity contribution in [3.63, 3.8) is 0 Å². The maximum Gasteiger partial charge on any atom is 0.158 e. The molecule has 0 atom stereocenters. The molecule has 2 heterocycles. The van der Waals surface area contributed by atoms with E-state index in [4.69, 9.17) is 0 Å². The molecular weight excluding hydrogens is 312 g/mol. The molecule has 0 aliphatic rings. The number of anilines is 1. The van der Waals surface area contributed by atoms with Gasteiger partial charge in [0, 0.05) is 9.77 Å². The first-order chi connectivity index (χ1) is 10.7. The minimum Gasteiger partial charge on any atom is -0.261 e. The van der Waals surface area contributed by atoms with Crippen LogP contribution in [0, 0.1) is 13.8 Å². The van der Waals surface area contributed by atoms with Crippen LogP contribution >= 0.6 is 23.1 Å². The second kappa shape index (κ2) is 6.46. The predicted octanol–water partition coefficient (Wildman–Crippen LogP) is 4.48. The van der Waals surface area contributed by atoms with E-state index in [1.54, 1.807) is 35.6 Å². The number of aryl methyl sites for hydroxylation is 2. The Morgan fingerprint density at radius 3 is 2.68 bits per heavy atom. The fraction of sp³-hybridized carbons (Fsp3) is 0.188. The highest BCUT2D eigenvalue weighted by atomic mass is 32.2. The summed E-state index contributed by atoms with van der Waals surface area (Å²) in [7, 11) is 0. The molecule has 6 heteroatoms. The predicted molar refractivity (Wildman–Crippen MR) is 96.3 cm³/mol. The number of aromatic nitrogens is 2. The van der Waals surface area contributed by atoms with Gasteiger partial charge in [-0.05, 0) is 43.4 Å². The number of benzene rings is 1. The molecule has 22 heavy (non-hydrogen) atoms. The Morgan fingerprint density at radius 1 is 1.18 bits per heavy atom. The summed E-state index contributed by atoms with van der Waals surface area (Å²) in [6.45, 7) is 4.19. The number of thioether (sulfide) groups is 1. The number of hydrazone groups is 1. The molecule has 0 radical (unpaired) electrons. The number of rotatable bonds is 4. The fourth-order valence-electron chi connectivity index (χ4n) is 2.13. The molecule has 1 N–H and O–H groups in total. The average Bonchev–Trinajstić information content (AvgIpc) is 2.84. The molecule has 3 aromatic rings. The van der Waals surface area contributed by atoms with Crippen molar-refractivity contribution < 1.29 is 0 Å². The number of nitrogens with one attached hydrogen (secondary N) is 1. The van der Waals surface area contributed by atoms with E-state index in [9.17, 15) is 0 Å². The quantitative estimate of drug-likeness (QED) is 0.436. The molecule has 1 aromatic carbocycles. The fourth-order valence-corrected chi connectivity index (χ4v) is 3.53. The summed E-state index contributed by atoms with van der Waals surface area (Å²) < 4.78 is 0. The van der Waals surface area contributed by atoms with Crippen molar-refractivity contribution in [2.45, 2.75) is 18.7 Å². The first-order valence-electron chi connectivity index (χ1n) is 6.83. The number of hydrogen-bond acceptors (Lipinski definition) is 6. The third-order valence-electron chi connectivity index (χ3n) is 3.47. The first kappa shape index (κ1) is 15.0. The Balaban J connectivity index is 1.82. The second-order valence-electron chi connectivity index (χ2n) is 4.83. The van der Waals surface area contributed by atoms with Crippen molar-refractivity contribution >= 4 is 45.3 Å². The lowest BCUT2D eigenvalue weighted by molar-refractivity contribution is 1.19. The molecule has 0 fully saturated rings. The minimum atomic E-state index is 0.754. The van der Waals surface area contributed by atoms with Crippen LogP contribution in [0.3, 0.4) is 0 Å². The zero-order valence-corrected chi connectivity index (χ0v) is 14.3. The van der Waals surface area contributed by atoms with Crippen molar-refractivity contribution in [3.8, 4) is 0 Å². The Kier molecular flexibility index (Phi) is 4.40. The van der Waals surface area contributed by atoms with Crippen molar-refractivity contribution in [2.75, 3.05) is 11.7 Å². The lowest BCUT2D eigenvalue weighted by Gasteiger charge is -2.02. The van der Waals surface area contributed by atoms with Gasteiger partial charge in [0.05, 0.1) is 11.6 Å². The van der Waals surface area contributed by atoms with Crippen LogP contribution in [-0.2, 0) is 0 Å².